The molecular weight excluding hydrogens is 139 g/mol. The first-order chi connectivity index (χ1) is 5.39. The second-order valence-electron chi connectivity index (χ2n) is 4.65. The third-order valence-electron chi connectivity index (χ3n) is 0.940. The van der Waals surface area contributed by atoms with E-state index in [-0.39, 0.29) is 0 Å². The van der Waals surface area contributed by atoms with Crippen molar-refractivity contribution in [1.82, 2.24) is 0 Å². The number of benzene rings is 1. The Morgan fingerprint density at radius 3 is 1.50 bits per heavy atom. The molecule has 0 bridgehead atoms. The summed E-state index contributed by atoms with van der Waals surface area (Å²) in [6, 6.07) is 10.3. The molecule has 0 spiro atoms. The van der Waals surface area contributed by atoms with Crippen LogP contribution in [-0.4, -0.2) is 17.7 Å². The average molecular weight is 156 g/mol. The monoisotopic (exact) mass is 156 g/mol. The molecule has 0 atom stereocenters. The van der Waals surface area contributed by atoms with Crippen LogP contribution < -0.4 is 0 Å². The molecule has 0 fully saturated rings. The quantitative estimate of drug-likeness (QED) is 0.505. The summed E-state index contributed by atoms with van der Waals surface area (Å²) < 4.78 is 0.500. The molecule has 0 aliphatic carbocycles. The van der Waals surface area contributed by atoms with E-state index in [0.717, 1.165) is 0 Å². The van der Waals surface area contributed by atoms with Gasteiger partial charge in [0.1, 0.15) is 0 Å². The van der Waals surface area contributed by atoms with Gasteiger partial charge in [0.05, 0.1) is 0 Å². The SMILES string of the molecule is Cc1ccccc1.[Li][C](C)(C)C. The molecule has 0 amide bonds. The number of hydrogen-bond acceptors (Lipinski definition) is 0. The van der Waals surface area contributed by atoms with Crippen LogP contribution in [0.2, 0.25) is 4.09 Å². The van der Waals surface area contributed by atoms with Crippen LogP contribution in [0.3, 0.4) is 0 Å². The molecule has 0 N–H and O–H groups in total. The van der Waals surface area contributed by atoms with Gasteiger partial charge in [0.25, 0.3) is 0 Å². The van der Waals surface area contributed by atoms with Gasteiger partial charge in [0, 0.05) is 0 Å². The van der Waals surface area contributed by atoms with E-state index in [9.17, 15) is 0 Å². The third kappa shape index (κ3) is 12.5. The van der Waals surface area contributed by atoms with Crippen LogP contribution in [0, 0.1) is 6.92 Å². The van der Waals surface area contributed by atoms with Crippen molar-refractivity contribution in [2.24, 2.45) is 0 Å². The zero-order chi connectivity index (χ0) is 9.61. The summed E-state index contributed by atoms with van der Waals surface area (Å²) >= 11 is 2.19. The van der Waals surface area contributed by atoms with E-state index >= 15 is 0 Å². The zero-order valence-electron chi connectivity index (χ0n) is 8.89. The summed E-state index contributed by atoms with van der Waals surface area (Å²) in [5, 5.41) is 0. The van der Waals surface area contributed by atoms with Crippen molar-refractivity contribution in [2.45, 2.75) is 31.8 Å². The van der Waals surface area contributed by atoms with Crippen molar-refractivity contribution in [1.29, 1.82) is 0 Å². The van der Waals surface area contributed by atoms with E-state index in [1.165, 1.54) is 5.56 Å². The Balaban J connectivity index is 0.000000217. The van der Waals surface area contributed by atoms with Gasteiger partial charge in [-0.15, -0.1) is 0 Å². The minimum atomic E-state index is 0.500. The van der Waals surface area contributed by atoms with Crippen molar-refractivity contribution in [3.63, 3.8) is 0 Å². The van der Waals surface area contributed by atoms with Gasteiger partial charge in [-0.25, -0.2) is 0 Å². The Kier molecular flexibility index (Phi) is 5.38. The fourth-order valence-electron chi connectivity index (χ4n) is 0.534. The van der Waals surface area contributed by atoms with E-state index in [2.05, 4.69) is 57.5 Å². The molecular formula is C11H17Li. The molecule has 0 aromatic heterocycles. The molecule has 1 aromatic carbocycles. The molecule has 1 aromatic rings. The van der Waals surface area contributed by atoms with Gasteiger partial charge >= 0.3 is 42.6 Å². The molecule has 62 valence electrons. The molecule has 0 unspecified atom stereocenters. The Morgan fingerprint density at radius 1 is 1.00 bits per heavy atom. The summed E-state index contributed by atoms with van der Waals surface area (Å²) in [6.07, 6.45) is 0. The van der Waals surface area contributed by atoms with E-state index < -0.39 is 0 Å². The first-order valence-corrected chi connectivity index (χ1v) is 4.41. The van der Waals surface area contributed by atoms with Crippen LogP contribution >= 0.6 is 0 Å². The standard InChI is InChI=1S/C7H8.C4H9.Li/c1-7-5-3-2-4-6-7;1-4(2)3;/h2-6H,1H3;1-3H3;. The molecule has 0 radical (unpaired) electrons. The number of rotatable bonds is 0. The molecule has 12 heavy (non-hydrogen) atoms. The van der Waals surface area contributed by atoms with Gasteiger partial charge in [0.2, 0.25) is 0 Å². The molecule has 0 heterocycles. The average Bonchev–Trinajstić information content (AvgIpc) is 1.85. The molecule has 0 nitrogen and oxygen atoms in total. The third-order valence-corrected chi connectivity index (χ3v) is 0.940. The van der Waals surface area contributed by atoms with Crippen molar-refractivity contribution in [2.75, 3.05) is 0 Å². The normalized spacial score (nSPS) is 10.2. The van der Waals surface area contributed by atoms with Gasteiger partial charge in [-0.3, -0.25) is 0 Å². The van der Waals surface area contributed by atoms with E-state index in [1.54, 1.807) is 0 Å². The predicted molar refractivity (Wildman–Crippen MR) is 56.6 cm³/mol. The predicted octanol–water partition coefficient (Wildman–Crippen LogP) is 3.37. The summed E-state index contributed by atoms with van der Waals surface area (Å²) in [5.41, 5.74) is 1.32. The van der Waals surface area contributed by atoms with Crippen molar-refractivity contribution in [3.05, 3.63) is 35.9 Å². The zero-order valence-corrected chi connectivity index (χ0v) is 8.89. The fourth-order valence-corrected chi connectivity index (χ4v) is 0.534. The van der Waals surface area contributed by atoms with E-state index in [0.29, 0.717) is 4.09 Å². The molecule has 1 heteroatoms. The minimum absolute atomic E-state index is 0.500. The Bertz CT molecular complexity index is 190. The molecule has 0 aliphatic rings. The van der Waals surface area contributed by atoms with Crippen LogP contribution in [0.1, 0.15) is 26.3 Å². The second kappa shape index (κ2) is 5.46. The summed E-state index contributed by atoms with van der Waals surface area (Å²) in [7, 11) is 0. The first kappa shape index (κ1) is 11.8. The molecule has 0 saturated carbocycles. The Morgan fingerprint density at radius 2 is 1.33 bits per heavy atom. The van der Waals surface area contributed by atoms with Gasteiger partial charge in [-0.2, -0.15) is 0 Å². The second-order valence-corrected chi connectivity index (χ2v) is 4.65. The molecule has 1 rings (SSSR count). The van der Waals surface area contributed by atoms with Crippen LogP contribution in [-0.2, 0) is 0 Å². The Hall–Kier alpha value is -0.183. The summed E-state index contributed by atoms with van der Waals surface area (Å²) in [4.78, 5) is 0. The van der Waals surface area contributed by atoms with Crippen molar-refractivity contribution in [3.8, 4) is 0 Å². The van der Waals surface area contributed by atoms with Gasteiger partial charge in [0.15, 0.2) is 0 Å². The summed E-state index contributed by atoms with van der Waals surface area (Å²) in [5.74, 6) is 0. The van der Waals surface area contributed by atoms with Gasteiger partial charge in [-0.1, -0.05) is 35.9 Å². The van der Waals surface area contributed by atoms with Crippen LogP contribution in [0.5, 0.6) is 0 Å². The number of aryl methyl sites for hydroxylation is 1. The maximum absolute atomic E-state index is 2.19. The molecule has 0 aliphatic heterocycles. The van der Waals surface area contributed by atoms with Crippen LogP contribution in [0.15, 0.2) is 30.3 Å². The van der Waals surface area contributed by atoms with Crippen LogP contribution in [0.25, 0.3) is 0 Å². The van der Waals surface area contributed by atoms with Crippen molar-refractivity contribution >= 4 is 17.7 Å². The fraction of sp³-hybridized carbons (Fsp3) is 0.455. The molecule has 0 saturated heterocycles. The van der Waals surface area contributed by atoms with E-state index in [4.69, 9.17) is 0 Å². The number of hydrogen-bond donors (Lipinski definition) is 0. The Labute approximate surface area is 85.6 Å². The first-order valence-electron chi connectivity index (χ1n) is 4.41. The van der Waals surface area contributed by atoms with E-state index in [1.807, 2.05) is 18.2 Å². The topological polar surface area (TPSA) is 0 Å². The summed E-state index contributed by atoms with van der Waals surface area (Å²) in [6.45, 7) is 8.65. The maximum atomic E-state index is 2.19. The van der Waals surface area contributed by atoms with Crippen LogP contribution in [0.4, 0.5) is 0 Å². The van der Waals surface area contributed by atoms with Gasteiger partial charge in [-0.05, 0) is 6.92 Å². The van der Waals surface area contributed by atoms with Crippen molar-refractivity contribution < 1.29 is 0 Å². The van der Waals surface area contributed by atoms with Gasteiger partial charge < -0.3 is 0 Å².